The van der Waals surface area contributed by atoms with Gasteiger partial charge >= 0.3 is 0 Å². The fourth-order valence-electron chi connectivity index (χ4n) is 3.60. The van der Waals surface area contributed by atoms with Crippen molar-refractivity contribution in [1.82, 2.24) is 0 Å². The van der Waals surface area contributed by atoms with Crippen LogP contribution in [0.15, 0.2) is 23.8 Å². The minimum absolute atomic E-state index is 0.903. The Morgan fingerprint density at radius 3 is 2.19 bits per heavy atom. The van der Waals surface area contributed by atoms with Crippen LogP contribution in [0.1, 0.15) is 104 Å². The van der Waals surface area contributed by atoms with E-state index in [2.05, 4.69) is 20.4 Å². The van der Waals surface area contributed by atoms with Crippen LogP contribution in [0.5, 0.6) is 0 Å². The van der Waals surface area contributed by atoms with Gasteiger partial charge < -0.3 is 0 Å². The third-order valence-corrected chi connectivity index (χ3v) is 5.04. The first-order valence-electron chi connectivity index (χ1n) is 9.61. The maximum atomic E-state index is 3.78. The summed E-state index contributed by atoms with van der Waals surface area (Å²) in [5.41, 5.74) is 3.68. The van der Waals surface area contributed by atoms with Gasteiger partial charge in [-0.05, 0) is 50.9 Å². The van der Waals surface area contributed by atoms with Gasteiger partial charge in [-0.3, -0.25) is 0 Å². The fourth-order valence-corrected chi connectivity index (χ4v) is 3.60. The lowest BCUT2D eigenvalue weighted by Crippen LogP contribution is -2.15. The average molecular weight is 291 g/mol. The summed E-state index contributed by atoms with van der Waals surface area (Å²) in [6.07, 6.45) is 21.6. The molecule has 1 aliphatic carbocycles. The molecule has 0 bridgehead atoms. The first kappa shape index (κ1) is 18.5. The zero-order chi connectivity index (χ0) is 15.3. The van der Waals surface area contributed by atoms with Gasteiger partial charge in [0, 0.05) is 0 Å². The van der Waals surface area contributed by atoms with Gasteiger partial charge in [0.25, 0.3) is 0 Å². The first-order valence-corrected chi connectivity index (χ1v) is 9.61. The van der Waals surface area contributed by atoms with Crippen molar-refractivity contribution >= 4 is 0 Å². The van der Waals surface area contributed by atoms with Crippen molar-refractivity contribution in [3.05, 3.63) is 23.8 Å². The van der Waals surface area contributed by atoms with Crippen molar-refractivity contribution in [3.63, 3.8) is 0 Å². The smallest absolute Gasteiger partial charge is 0.0192 e. The van der Waals surface area contributed by atoms with Gasteiger partial charge in [0.05, 0.1) is 0 Å². The van der Waals surface area contributed by atoms with Gasteiger partial charge in [0.2, 0.25) is 0 Å². The van der Waals surface area contributed by atoms with Crippen molar-refractivity contribution < 1.29 is 0 Å². The predicted octanol–water partition coefficient (Wildman–Crippen LogP) is 7.60. The summed E-state index contributed by atoms with van der Waals surface area (Å²) >= 11 is 0. The molecule has 1 unspecified atom stereocenters. The Hall–Kier alpha value is -0.520. The Bertz CT molecular complexity index is 297. The summed E-state index contributed by atoms with van der Waals surface area (Å²) in [6, 6.07) is 0. The second kappa shape index (κ2) is 12.1. The first-order chi connectivity index (χ1) is 10.3. The molecule has 0 amide bonds. The second-order valence-corrected chi connectivity index (χ2v) is 6.99. The van der Waals surface area contributed by atoms with E-state index in [4.69, 9.17) is 0 Å². The lowest BCUT2D eigenvalue weighted by Gasteiger charge is -2.32. The monoisotopic (exact) mass is 290 g/mol. The molecule has 1 aliphatic rings. The summed E-state index contributed by atoms with van der Waals surface area (Å²) in [6.45, 7) is 8.51. The SMILES string of the molecule is C=CCCCCCCCCC1=C(CCCCCC)C(C)C1. The second-order valence-electron chi connectivity index (χ2n) is 6.99. The van der Waals surface area contributed by atoms with Gasteiger partial charge in [-0.2, -0.15) is 0 Å². The highest BCUT2D eigenvalue weighted by Crippen LogP contribution is 2.40. The highest BCUT2D eigenvalue weighted by molar-refractivity contribution is 5.27. The van der Waals surface area contributed by atoms with Crippen molar-refractivity contribution in [1.29, 1.82) is 0 Å². The summed E-state index contributed by atoms with van der Waals surface area (Å²) in [4.78, 5) is 0. The Kier molecular flexibility index (Phi) is 10.6. The molecule has 1 rings (SSSR count). The normalized spacial score (nSPS) is 17.9. The van der Waals surface area contributed by atoms with E-state index in [0.717, 1.165) is 5.92 Å². The Morgan fingerprint density at radius 1 is 0.905 bits per heavy atom. The minimum Gasteiger partial charge on any atom is -0.103 e. The predicted molar refractivity (Wildman–Crippen MR) is 96.7 cm³/mol. The van der Waals surface area contributed by atoms with E-state index in [0.29, 0.717) is 0 Å². The van der Waals surface area contributed by atoms with Crippen molar-refractivity contribution in [2.24, 2.45) is 5.92 Å². The molecule has 0 heterocycles. The van der Waals surface area contributed by atoms with Crippen LogP contribution in [0, 0.1) is 5.92 Å². The molecular formula is C21H38. The minimum atomic E-state index is 0.903. The van der Waals surface area contributed by atoms with Gasteiger partial charge in [-0.25, -0.2) is 0 Å². The molecule has 0 N–H and O–H groups in total. The molecule has 0 radical (unpaired) electrons. The molecule has 0 spiro atoms. The van der Waals surface area contributed by atoms with Crippen molar-refractivity contribution in [3.8, 4) is 0 Å². The molecule has 1 atom stereocenters. The molecule has 0 saturated carbocycles. The van der Waals surface area contributed by atoms with Crippen LogP contribution < -0.4 is 0 Å². The summed E-state index contributed by atoms with van der Waals surface area (Å²) in [5, 5.41) is 0. The maximum Gasteiger partial charge on any atom is -0.0192 e. The molecule has 0 aromatic carbocycles. The van der Waals surface area contributed by atoms with Crippen LogP contribution in [-0.4, -0.2) is 0 Å². The molecule has 0 aromatic rings. The van der Waals surface area contributed by atoms with Crippen LogP contribution in [0.2, 0.25) is 0 Å². The summed E-state index contributed by atoms with van der Waals surface area (Å²) in [7, 11) is 0. The molecule has 0 nitrogen and oxygen atoms in total. The van der Waals surface area contributed by atoms with Crippen LogP contribution >= 0.6 is 0 Å². The average Bonchev–Trinajstić information content (AvgIpc) is 2.48. The lowest BCUT2D eigenvalue weighted by atomic mass is 9.74. The van der Waals surface area contributed by atoms with Crippen LogP contribution in [-0.2, 0) is 0 Å². The van der Waals surface area contributed by atoms with E-state index in [1.54, 1.807) is 0 Å². The Labute approximate surface area is 134 Å². The lowest BCUT2D eigenvalue weighted by molar-refractivity contribution is 0.497. The number of hydrogen-bond donors (Lipinski definition) is 0. The molecular weight excluding hydrogens is 252 g/mol. The number of rotatable bonds is 14. The highest BCUT2D eigenvalue weighted by atomic mass is 14.3. The van der Waals surface area contributed by atoms with Crippen LogP contribution in [0.25, 0.3) is 0 Å². The fraction of sp³-hybridized carbons (Fsp3) is 0.810. The standard InChI is InChI=1S/C21H38/c1-4-6-8-10-11-12-13-14-16-20-18-19(3)21(20)17-15-9-7-5-2/h4,19H,1,5-18H2,2-3H3. The zero-order valence-corrected chi connectivity index (χ0v) is 14.8. The van der Waals surface area contributed by atoms with Crippen LogP contribution in [0.4, 0.5) is 0 Å². The quantitative estimate of drug-likeness (QED) is 0.228. The number of hydrogen-bond acceptors (Lipinski definition) is 0. The molecule has 0 fully saturated rings. The van der Waals surface area contributed by atoms with Gasteiger partial charge in [0.15, 0.2) is 0 Å². The highest BCUT2D eigenvalue weighted by Gasteiger charge is 2.23. The van der Waals surface area contributed by atoms with E-state index in [1.807, 2.05) is 17.2 Å². The molecule has 0 heteroatoms. The van der Waals surface area contributed by atoms with E-state index in [9.17, 15) is 0 Å². The van der Waals surface area contributed by atoms with E-state index < -0.39 is 0 Å². The molecule has 122 valence electrons. The number of allylic oxidation sites excluding steroid dienone is 3. The molecule has 0 aromatic heterocycles. The largest absolute Gasteiger partial charge is 0.103 e. The maximum absolute atomic E-state index is 3.78. The summed E-state index contributed by atoms with van der Waals surface area (Å²) in [5.74, 6) is 0.903. The van der Waals surface area contributed by atoms with Crippen molar-refractivity contribution in [2.75, 3.05) is 0 Å². The molecule has 0 aliphatic heterocycles. The topological polar surface area (TPSA) is 0 Å². The van der Waals surface area contributed by atoms with Crippen LogP contribution in [0.3, 0.4) is 0 Å². The van der Waals surface area contributed by atoms with E-state index >= 15 is 0 Å². The molecule has 21 heavy (non-hydrogen) atoms. The molecule has 0 saturated heterocycles. The van der Waals surface area contributed by atoms with Gasteiger partial charge in [-0.15, -0.1) is 6.58 Å². The van der Waals surface area contributed by atoms with E-state index in [1.165, 1.54) is 89.9 Å². The zero-order valence-electron chi connectivity index (χ0n) is 14.8. The van der Waals surface area contributed by atoms with Gasteiger partial charge in [0.1, 0.15) is 0 Å². The number of unbranched alkanes of at least 4 members (excludes halogenated alkanes) is 9. The third kappa shape index (κ3) is 7.88. The van der Waals surface area contributed by atoms with E-state index in [-0.39, 0.29) is 0 Å². The summed E-state index contributed by atoms with van der Waals surface area (Å²) < 4.78 is 0. The van der Waals surface area contributed by atoms with Gasteiger partial charge in [-0.1, -0.05) is 76.0 Å². The third-order valence-electron chi connectivity index (χ3n) is 5.04. The van der Waals surface area contributed by atoms with Crippen molar-refractivity contribution in [2.45, 2.75) is 104 Å². The Balaban J connectivity index is 2.04. The Morgan fingerprint density at radius 2 is 1.52 bits per heavy atom.